The lowest BCUT2D eigenvalue weighted by Crippen LogP contribution is -2.23. The molecule has 1 rings (SSSR count). The van der Waals surface area contributed by atoms with Crippen LogP contribution in [0.2, 0.25) is 0 Å². The minimum absolute atomic E-state index is 0.233. The monoisotopic (exact) mass is 225 g/mol. The summed E-state index contributed by atoms with van der Waals surface area (Å²) in [6, 6.07) is 0. The Morgan fingerprint density at radius 2 is 2.12 bits per heavy atom. The molecule has 0 saturated carbocycles. The van der Waals surface area contributed by atoms with Gasteiger partial charge in [-0.3, -0.25) is 4.68 Å². The number of aliphatic hydroxyl groups is 1. The summed E-state index contributed by atoms with van der Waals surface area (Å²) in [6.45, 7) is 8.23. The smallest absolute Gasteiger partial charge is 0.0694 e. The highest BCUT2D eigenvalue weighted by atomic mass is 16.3. The molecule has 0 bridgehead atoms. The standard InChI is InChI=1S/C12H23N3O/c1-9(2)12-11(7-15(4)14-12)6-13-5-10(3)8-16/h7,9-10,13,16H,5-6,8H2,1-4H3. The molecule has 0 aromatic carbocycles. The number of nitrogens with zero attached hydrogens (tertiary/aromatic N) is 2. The summed E-state index contributed by atoms with van der Waals surface area (Å²) in [5.41, 5.74) is 2.41. The van der Waals surface area contributed by atoms with Gasteiger partial charge in [0.2, 0.25) is 0 Å². The molecule has 0 aliphatic carbocycles. The van der Waals surface area contributed by atoms with Crippen LogP contribution in [0, 0.1) is 5.92 Å². The molecule has 1 unspecified atom stereocenters. The molecule has 4 heteroatoms. The maximum Gasteiger partial charge on any atom is 0.0694 e. The number of nitrogens with one attached hydrogen (secondary N) is 1. The molecule has 0 aliphatic rings. The van der Waals surface area contributed by atoms with E-state index in [1.807, 2.05) is 18.7 Å². The third-order valence-electron chi connectivity index (χ3n) is 2.60. The quantitative estimate of drug-likeness (QED) is 0.766. The zero-order valence-corrected chi connectivity index (χ0v) is 10.7. The van der Waals surface area contributed by atoms with E-state index >= 15 is 0 Å². The van der Waals surface area contributed by atoms with Crippen molar-refractivity contribution in [1.82, 2.24) is 15.1 Å². The lowest BCUT2D eigenvalue weighted by Gasteiger charge is -2.10. The van der Waals surface area contributed by atoms with Crippen molar-refractivity contribution in [2.24, 2.45) is 13.0 Å². The van der Waals surface area contributed by atoms with E-state index in [1.54, 1.807) is 0 Å². The van der Waals surface area contributed by atoms with Gasteiger partial charge in [0, 0.05) is 38.5 Å². The minimum Gasteiger partial charge on any atom is -0.396 e. The van der Waals surface area contributed by atoms with Crippen molar-refractivity contribution in [3.8, 4) is 0 Å². The minimum atomic E-state index is 0.233. The SMILES string of the molecule is CC(CO)CNCc1cn(C)nc1C(C)C. The molecular weight excluding hydrogens is 202 g/mol. The zero-order valence-electron chi connectivity index (χ0n) is 10.7. The maximum atomic E-state index is 8.92. The van der Waals surface area contributed by atoms with Crippen molar-refractivity contribution in [2.45, 2.75) is 33.2 Å². The second-order valence-electron chi connectivity index (χ2n) is 4.79. The molecule has 4 nitrogen and oxygen atoms in total. The number of aromatic nitrogens is 2. The first-order valence-electron chi connectivity index (χ1n) is 5.88. The first-order valence-corrected chi connectivity index (χ1v) is 5.88. The van der Waals surface area contributed by atoms with Gasteiger partial charge in [0.25, 0.3) is 0 Å². The van der Waals surface area contributed by atoms with Crippen LogP contribution in [0.4, 0.5) is 0 Å². The number of hydrogen-bond donors (Lipinski definition) is 2. The van der Waals surface area contributed by atoms with Gasteiger partial charge in [0.1, 0.15) is 0 Å². The normalized spacial score (nSPS) is 13.4. The summed E-state index contributed by atoms with van der Waals surface area (Å²) in [7, 11) is 1.95. The number of hydrogen-bond acceptors (Lipinski definition) is 3. The van der Waals surface area contributed by atoms with Gasteiger partial charge >= 0.3 is 0 Å². The highest BCUT2D eigenvalue weighted by Gasteiger charge is 2.11. The summed E-state index contributed by atoms with van der Waals surface area (Å²) in [4.78, 5) is 0. The lowest BCUT2D eigenvalue weighted by atomic mass is 10.1. The highest BCUT2D eigenvalue weighted by molar-refractivity contribution is 5.19. The Bertz CT molecular complexity index is 320. The molecule has 92 valence electrons. The van der Waals surface area contributed by atoms with Crippen molar-refractivity contribution in [3.05, 3.63) is 17.5 Å². The van der Waals surface area contributed by atoms with Crippen molar-refractivity contribution in [2.75, 3.05) is 13.2 Å². The van der Waals surface area contributed by atoms with E-state index in [2.05, 4.69) is 30.5 Å². The average molecular weight is 225 g/mol. The van der Waals surface area contributed by atoms with Gasteiger partial charge in [-0.2, -0.15) is 5.10 Å². The fraction of sp³-hybridized carbons (Fsp3) is 0.750. The van der Waals surface area contributed by atoms with Gasteiger partial charge < -0.3 is 10.4 Å². The van der Waals surface area contributed by atoms with Crippen LogP contribution in [0.3, 0.4) is 0 Å². The van der Waals surface area contributed by atoms with Crippen molar-refractivity contribution < 1.29 is 5.11 Å². The first-order chi connectivity index (χ1) is 7.54. The Hall–Kier alpha value is -0.870. The molecule has 2 N–H and O–H groups in total. The van der Waals surface area contributed by atoms with E-state index in [0.717, 1.165) is 18.8 Å². The number of aliphatic hydroxyl groups excluding tert-OH is 1. The zero-order chi connectivity index (χ0) is 12.1. The second-order valence-corrected chi connectivity index (χ2v) is 4.79. The molecule has 0 amide bonds. The molecule has 1 aromatic heterocycles. The number of aryl methyl sites for hydroxylation is 1. The lowest BCUT2D eigenvalue weighted by molar-refractivity contribution is 0.233. The molecule has 0 saturated heterocycles. The van der Waals surface area contributed by atoms with Gasteiger partial charge in [-0.05, 0) is 11.8 Å². The molecular formula is C12H23N3O. The van der Waals surface area contributed by atoms with Crippen LogP contribution in [0.15, 0.2) is 6.20 Å². The Kier molecular flexibility index (Phi) is 4.96. The summed E-state index contributed by atoms with van der Waals surface area (Å²) >= 11 is 0. The average Bonchev–Trinajstić information content (AvgIpc) is 2.59. The van der Waals surface area contributed by atoms with E-state index in [0.29, 0.717) is 11.8 Å². The molecule has 0 radical (unpaired) electrons. The van der Waals surface area contributed by atoms with Crippen LogP contribution in [-0.2, 0) is 13.6 Å². The van der Waals surface area contributed by atoms with Crippen LogP contribution in [0.1, 0.15) is 37.9 Å². The van der Waals surface area contributed by atoms with Crippen LogP contribution in [-0.4, -0.2) is 28.0 Å². The topological polar surface area (TPSA) is 50.1 Å². The third kappa shape index (κ3) is 3.61. The van der Waals surface area contributed by atoms with Crippen molar-refractivity contribution in [3.63, 3.8) is 0 Å². The summed E-state index contributed by atoms with van der Waals surface area (Å²) in [5.74, 6) is 0.757. The van der Waals surface area contributed by atoms with Crippen LogP contribution >= 0.6 is 0 Å². The van der Waals surface area contributed by atoms with Crippen molar-refractivity contribution >= 4 is 0 Å². The molecule has 1 heterocycles. The van der Waals surface area contributed by atoms with Gasteiger partial charge in [-0.25, -0.2) is 0 Å². The maximum absolute atomic E-state index is 8.92. The summed E-state index contributed by atoms with van der Waals surface area (Å²) in [6.07, 6.45) is 2.06. The molecule has 1 atom stereocenters. The van der Waals surface area contributed by atoms with Gasteiger partial charge in [0.15, 0.2) is 0 Å². The van der Waals surface area contributed by atoms with Crippen LogP contribution < -0.4 is 5.32 Å². The molecule has 0 fully saturated rings. The highest BCUT2D eigenvalue weighted by Crippen LogP contribution is 2.16. The number of rotatable bonds is 6. The largest absolute Gasteiger partial charge is 0.396 e. The Balaban J connectivity index is 2.53. The Labute approximate surface area is 97.7 Å². The summed E-state index contributed by atoms with van der Waals surface area (Å²) < 4.78 is 1.86. The fourth-order valence-corrected chi connectivity index (χ4v) is 1.69. The fourth-order valence-electron chi connectivity index (χ4n) is 1.69. The molecule has 0 spiro atoms. The van der Waals surface area contributed by atoms with E-state index in [9.17, 15) is 0 Å². The van der Waals surface area contributed by atoms with Crippen molar-refractivity contribution in [1.29, 1.82) is 0 Å². The van der Waals surface area contributed by atoms with Crippen LogP contribution in [0.5, 0.6) is 0 Å². The van der Waals surface area contributed by atoms with Crippen LogP contribution in [0.25, 0.3) is 0 Å². The molecule has 0 aliphatic heterocycles. The van der Waals surface area contributed by atoms with E-state index in [1.165, 1.54) is 5.56 Å². The first kappa shape index (κ1) is 13.2. The summed E-state index contributed by atoms with van der Waals surface area (Å²) in [5, 5.41) is 16.7. The Morgan fingerprint density at radius 1 is 1.44 bits per heavy atom. The third-order valence-corrected chi connectivity index (χ3v) is 2.60. The van der Waals surface area contributed by atoms with Gasteiger partial charge in [0.05, 0.1) is 5.69 Å². The molecule has 1 aromatic rings. The van der Waals surface area contributed by atoms with Gasteiger partial charge in [-0.1, -0.05) is 20.8 Å². The van der Waals surface area contributed by atoms with E-state index < -0.39 is 0 Å². The van der Waals surface area contributed by atoms with E-state index in [4.69, 9.17) is 5.11 Å². The second kappa shape index (κ2) is 6.01. The molecule has 16 heavy (non-hydrogen) atoms. The van der Waals surface area contributed by atoms with Gasteiger partial charge in [-0.15, -0.1) is 0 Å². The predicted molar refractivity (Wildman–Crippen MR) is 65.3 cm³/mol. The Morgan fingerprint density at radius 3 is 2.69 bits per heavy atom. The predicted octanol–water partition coefficient (Wildman–Crippen LogP) is 1.26. The van der Waals surface area contributed by atoms with E-state index in [-0.39, 0.29) is 6.61 Å².